The molecule has 0 saturated carbocycles. The van der Waals surface area contributed by atoms with Gasteiger partial charge < -0.3 is 89.1 Å². The number of esters is 3. The van der Waals surface area contributed by atoms with Gasteiger partial charge in [-0.3, -0.25) is 28.8 Å². The number of carboxylic acid groups (broad SMARTS) is 1. The molecule has 7 N–H and O–H groups in total. The average Bonchev–Trinajstić information content (AvgIpc) is 1.62. The molecule has 0 fully saturated rings. The molecule has 0 bridgehead atoms. The van der Waals surface area contributed by atoms with Crippen molar-refractivity contribution in [3.05, 3.63) is 155 Å². The van der Waals surface area contributed by atoms with Crippen molar-refractivity contribution in [3.63, 3.8) is 0 Å². The third kappa shape index (κ3) is 57.2. The molecule has 2 aliphatic carbocycles. The number of fused-ring (bicyclic) bond motifs is 6. The second kappa shape index (κ2) is 75.6. The largest absolute Gasteiger partial charge is 0.480 e. The first kappa shape index (κ1) is 121. The van der Waals surface area contributed by atoms with Crippen molar-refractivity contribution in [2.75, 3.05) is 119 Å². The molecule has 29 heteroatoms. The van der Waals surface area contributed by atoms with Crippen molar-refractivity contribution in [1.29, 1.82) is 0 Å². The van der Waals surface area contributed by atoms with Gasteiger partial charge >= 0.3 is 36.1 Å². The zero-order chi connectivity index (χ0) is 99.9. The Bertz CT molecular complexity index is 4180. The third-order valence-electron chi connectivity index (χ3n) is 23.9. The Labute approximate surface area is 849 Å². The molecule has 28 nitrogen and oxygen atoms in total. The first-order chi connectivity index (χ1) is 67.4. The molecule has 2 aliphatic rings. The van der Waals surface area contributed by atoms with Crippen LogP contribution in [0.4, 0.5) is 9.59 Å². The summed E-state index contributed by atoms with van der Waals surface area (Å²) in [7, 11) is 0. The maximum Gasteiger partial charge on any atom is 0.407 e. The minimum atomic E-state index is -1.14. The van der Waals surface area contributed by atoms with E-state index in [1.54, 1.807) is 0 Å². The number of hydrogen-bond acceptors (Lipinski definition) is 21. The normalized spacial score (nSPS) is 12.4. The van der Waals surface area contributed by atoms with E-state index < -0.39 is 47.4 Å². The number of benzene rings is 5. The summed E-state index contributed by atoms with van der Waals surface area (Å²) < 4.78 is 61.0. The topological polar surface area (TPSA) is 365 Å². The summed E-state index contributed by atoms with van der Waals surface area (Å²) >= 11 is 0. The predicted molar refractivity (Wildman–Crippen MR) is 543 cm³/mol. The summed E-state index contributed by atoms with van der Waals surface area (Å²) in [6.45, 7) is 18.9. The Kier molecular flexibility index (Phi) is 65.5. The Hall–Kier alpha value is -9.18. The van der Waals surface area contributed by atoms with E-state index in [0.29, 0.717) is 157 Å². The van der Waals surface area contributed by atoms with Crippen LogP contribution in [0, 0.1) is 0 Å². The van der Waals surface area contributed by atoms with E-state index >= 15 is 0 Å². The Morgan fingerprint density at radius 2 is 0.564 bits per heavy atom. The van der Waals surface area contributed by atoms with Gasteiger partial charge in [-0.1, -0.05) is 281 Å². The van der Waals surface area contributed by atoms with Crippen LogP contribution in [-0.4, -0.2) is 207 Å². The van der Waals surface area contributed by atoms with E-state index in [-0.39, 0.29) is 121 Å². The number of hydrogen-bond donors (Lipinski definition) is 7. The second-order valence-corrected chi connectivity index (χ2v) is 38.1. The number of carbonyl (C=O) groups is 10. The van der Waals surface area contributed by atoms with E-state index in [1.807, 2.05) is 120 Å². The van der Waals surface area contributed by atoms with Gasteiger partial charge in [-0.15, -0.1) is 0 Å². The number of ether oxygens (including phenoxy) is 11. The Balaban J connectivity index is 0.000000583. The zero-order valence-electron chi connectivity index (χ0n) is 85.0. The molecular weight excluding hydrogens is 1880 g/mol. The molecule has 2 atom stereocenters. The van der Waals surface area contributed by atoms with Gasteiger partial charge in [-0.2, -0.15) is 0 Å². The van der Waals surface area contributed by atoms with Crippen LogP contribution in [0.1, 0.15) is 339 Å². The van der Waals surface area contributed by atoms with Gasteiger partial charge in [-0.25, -0.2) is 19.2 Å². The van der Waals surface area contributed by atoms with E-state index in [4.69, 9.17) is 52.1 Å². The van der Waals surface area contributed by atoms with Crippen LogP contribution in [-0.2, 0) is 117 Å². The molecule has 0 radical (unpaired) electrons. The Morgan fingerprint density at radius 1 is 0.300 bits per heavy atom. The number of alkyl carbamates (subject to hydrolysis) is 2. The summed E-state index contributed by atoms with van der Waals surface area (Å²) in [4.78, 5) is 123. The van der Waals surface area contributed by atoms with Crippen LogP contribution in [0.3, 0.4) is 0 Å². The molecule has 0 aliphatic heterocycles. The number of aliphatic carboxylic acids is 1. The monoisotopic (exact) mass is 2050 g/mol. The minimum absolute atomic E-state index is 0. The standard InChI is InChI=1S/C59H87N3O11.C52H81N3O11.Pd.H2/c1-59(2,3)73-56(65)34-20-15-13-11-9-7-5-4-6-8-10-12-14-19-33-55(64)62-53(57(66)71-45-47-27-17-16-18-28-47)35-36-54(63)60-37-25-39-68-41-43-70-44-42-69-40-26-38-61-58(67)72-46-52-50-31-23-21-29-48(50)49-30-22-24-32-51(49)52;1-52(2,3)66-49(58)29-17-15-13-11-9-7-5-4-6-8-10-12-14-16-28-48(57)55-46(50(59)60)30-31-47(56)53-32-22-34-62-36-38-64-39-37-63-35-23-33-54-51(61)65-40-45-43-26-20-18-24-41(43)42-25-19-21-27-44(42)45;;/h16-18,21-24,27-32,52-53H,4-15,19-20,25-26,33-46H2,1-3H3,(H,60,63)(H,61,67)(H,62,64);18-21,24-27,45-46H,4-17,22-23,28-40H2,1-3H3,(H,53,56)(H,54,61)(H,55,57)(H,59,60);;1H/t53-;46-;;/m00../s1. The smallest absolute Gasteiger partial charge is 0.407 e. The molecule has 0 spiro atoms. The molecule has 0 heterocycles. The van der Waals surface area contributed by atoms with Gasteiger partial charge in [0.2, 0.25) is 23.6 Å². The van der Waals surface area contributed by atoms with Gasteiger partial charge in [0.15, 0.2) is 0 Å². The van der Waals surface area contributed by atoms with Gasteiger partial charge in [-0.05, 0) is 156 Å². The Morgan fingerprint density at radius 3 is 0.871 bits per heavy atom. The van der Waals surface area contributed by atoms with E-state index in [1.165, 1.54) is 147 Å². The van der Waals surface area contributed by atoms with Gasteiger partial charge in [0.05, 0.1) is 52.9 Å². The van der Waals surface area contributed by atoms with Crippen LogP contribution >= 0.6 is 0 Å². The number of amides is 6. The maximum absolute atomic E-state index is 13.1. The molecule has 0 unspecified atom stereocenters. The van der Waals surface area contributed by atoms with Crippen molar-refractivity contribution >= 4 is 59.7 Å². The molecular formula is C111H170N6O22Pd. The summed E-state index contributed by atoms with van der Waals surface area (Å²) in [5.41, 5.74) is 9.51. The van der Waals surface area contributed by atoms with Crippen LogP contribution in [0.15, 0.2) is 127 Å². The van der Waals surface area contributed by atoms with Crippen LogP contribution < -0.4 is 31.9 Å². The second-order valence-electron chi connectivity index (χ2n) is 38.1. The molecule has 140 heavy (non-hydrogen) atoms. The van der Waals surface area contributed by atoms with Crippen LogP contribution in [0.2, 0.25) is 0 Å². The quantitative estimate of drug-likeness (QED) is 0.00823. The SMILES string of the molecule is CC(C)(C)OC(=O)CCCCCCCCCCCCCCCCC(=O)N[C@@H](CCC(=O)NCCCOCCOCCOCCCNC(=O)OCC1c2ccccc2-c2ccccc21)C(=O)O.CC(C)(C)OC(=O)CCCCCCCCCCCCCCCCC(=O)N[C@@H](CCC(=O)NCCCOCCOCCOCCCNC(=O)OCC1c2ccccc2-c2ccccc21)C(=O)OCc1ccccc1.[HH].[Pd]. The van der Waals surface area contributed by atoms with Crippen molar-refractivity contribution in [2.45, 2.75) is 340 Å². The molecule has 5 aromatic rings. The molecule has 5 aromatic carbocycles. The van der Waals surface area contributed by atoms with Crippen LogP contribution in [0.5, 0.6) is 0 Å². The van der Waals surface area contributed by atoms with Crippen molar-refractivity contribution in [1.82, 2.24) is 31.9 Å². The van der Waals surface area contributed by atoms with E-state index in [9.17, 15) is 53.1 Å². The minimum Gasteiger partial charge on any atom is -0.480 e. The fourth-order valence-corrected chi connectivity index (χ4v) is 16.6. The van der Waals surface area contributed by atoms with Crippen molar-refractivity contribution < 1.29 is 127 Å². The molecule has 0 saturated heterocycles. The summed E-state index contributed by atoms with van der Waals surface area (Å²) in [5.74, 6) is -2.83. The van der Waals surface area contributed by atoms with E-state index in [2.05, 4.69) is 80.4 Å². The number of rotatable bonds is 78. The predicted octanol–water partition coefficient (Wildman–Crippen LogP) is 20.7. The fourth-order valence-electron chi connectivity index (χ4n) is 16.6. The summed E-state index contributed by atoms with van der Waals surface area (Å²) in [6, 6.07) is 40.3. The molecule has 7 rings (SSSR count). The van der Waals surface area contributed by atoms with Gasteiger partial charge in [0, 0.05) is 125 Å². The molecule has 6 amide bonds. The van der Waals surface area contributed by atoms with Gasteiger partial charge in [0.25, 0.3) is 0 Å². The molecule has 0 aromatic heterocycles. The average molecular weight is 2050 g/mol. The van der Waals surface area contributed by atoms with Crippen LogP contribution in [0.25, 0.3) is 22.3 Å². The fraction of sp³-hybridized carbons (Fsp3) is 0.640. The number of carboxylic acids is 1. The first-order valence-electron chi connectivity index (χ1n) is 52.1. The zero-order valence-corrected chi connectivity index (χ0v) is 86.5. The summed E-state index contributed by atoms with van der Waals surface area (Å²) in [5, 5.41) is 26.2. The first-order valence-corrected chi connectivity index (χ1v) is 52.1. The third-order valence-corrected chi connectivity index (χ3v) is 23.9. The summed E-state index contributed by atoms with van der Waals surface area (Å²) in [6.07, 6.45) is 34.9. The van der Waals surface area contributed by atoms with E-state index in [0.717, 1.165) is 76.2 Å². The number of carbonyl (C=O) groups excluding carboxylic acids is 9. The molecule has 786 valence electrons. The number of unbranched alkanes of at least 4 members (excludes halogenated alkanes) is 26. The number of nitrogens with one attached hydrogen (secondary N) is 6. The maximum atomic E-state index is 13.1. The van der Waals surface area contributed by atoms with Crippen molar-refractivity contribution in [3.8, 4) is 22.3 Å². The van der Waals surface area contributed by atoms with Crippen molar-refractivity contribution in [2.24, 2.45) is 0 Å². The van der Waals surface area contributed by atoms with Gasteiger partial charge in [0.1, 0.15) is 43.1 Å².